The first-order valence-electron chi connectivity index (χ1n) is 6.41. The van der Waals surface area contributed by atoms with Crippen molar-refractivity contribution >= 4 is 21.8 Å². The number of alkyl halides is 2. The van der Waals surface area contributed by atoms with E-state index in [1.165, 1.54) is 15.5 Å². The summed E-state index contributed by atoms with van der Waals surface area (Å²) in [6, 6.07) is 1.45. The van der Waals surface area contributed by atoms with Crippen molar-refractivity contribution in [1.82, 2.24) is 9.47 Å². The maximum Gasteiger partial charge on any atom is 0.263 e. The second-order valence-corrected chi connectivity index (χ2v) is 5.73. The van der Waals surface area contributed by atoms with Gasteiger partial charge in [0, 0.05) is 43.1 Å². The van der Waals surface area contributed by atoms with E-state index in [0.29, 0.717) is 11.0 Å². The summed E-state index contributed by atoms with van der Waals surface area (Å²) in [4.78, 5) is 25.7. The van der Waals surface area contributed by atoms with Gasteiger partial charge in [-0.25, -0.2) is 8.78 Å². The third-order valence-electron chi connectivity index (χ3n) is 3.41. The molecule has 110 valence electrons. The van der Waals surface area contributed by atoms with Gasteiger partial charge in [0.15, 0.2) is 0 Å². The zero-order valence-electron chi connectivity index (χ0n) is 11.0. The van der Waals surface area contributed by atoms with E-state index in [2.05, 4.69) is 15.9 Å². The van der Waals surface area contributed by atoms with Crippen LogP contribution in [0.2, 0.25) is 0 Å². The van der Waals surface area contributed by atoms with Crippen LogP contribution in [0.25, 0.3) is 0 Å². The van der Waals surface area contributed by atoms with Crippen LogP contribution in [-0.2, 0) is 6.54 Å². The number of carbonyl (C=O) groups excluding carboxylic acids is 1. The van der Waals surface area contributed by atoms with Gasteiger partial charge >= 0.3 is 0 Å². The summed E-state index contributed by atoms with van der Waals surface area (Å²) in [5, 5.41) is 0. The van der Waals surface area contributed by atoms with Crippen molar-refractivity contribution in [2.24, 2.45) is 0 Å². The van der Waals surface area contributed by atoms with Crippen LogP contribution < -0.4 is 5.56 Å². The van der Waals surface area contributed by atoms with Crippen molar-refractivity contribution in [2.45, 2.75) is 32.2 Å². The quantitative estimate of drug-likeness (QED) is 0.823. The van der Waals surface area contributed by atoms with Crippen LogP contribution in [0.1, 0.15) is 30.1 Å². The Morgan fingerprint density at radius 1 is 1.40 bits per heavy atom. The van der Waals surface area contributed by atoms with Gasteiger partial charge in [0.05, 0.1) is 0 Å². The van der Waals surface area contributed by atoms with Crippen molar-refractivity contribution in [3.8, 4) is 0 Å². The number of pyridine rings is 1. The predicted octanol–water partition coefficient (Wildman–Crippen LogP) is 2.50. The molecule has 0 saturated carbocycles. The number of carbonyl (C=O) groups is 1. The van der Waals surface area contributed by atoms with Crippen molar-refractivity contribution < 1.29 is 13.6 Å². The summed E-state index contributed by atoms with van der Waals surface area (Å²) in [5.74, 6) is -3.19. The van der Waals surface area contributed by atoms with Crippen LogP contribution in [0.3, 0.4) is 0 Å². The molecule has 1 aliphatic heterocycles. The van der Waals surface area contributed by atoms with Gasteiger partial charge in [-0.15, -0.1) is 0 Å². The number of hydrogen-bond acceptors (Lipinski definition) is 2. The lowest BCUT2D eigenvalue weighted by atomic mass is 10.1. The van der Waals surface area contributed by atoms with Crippen LogP contribution in [0.5, 0.6) is 0 Å². The molecule has 0 atom stereocenters. The van der Waals surface area contributed by atoms with Gasteiger partial charge in [-0.1, -0.05) is 0 Å². The smallest absolute Gasteiger partial charge is 0.263 e. The summed E-state index contributed by atoms with van der Waals surface area (Å²) < 4.78 is 28.2. The highest BCUT2D eigenvalue weighted by Crippen LogP contribution is 2.28. The first-order chi connectivity index (χ1) is 9.34. The molecule has 20 heavy (non-hydrogen) atoms. The van der Waals surface area contributed by atoms with Crippen molar-refractivity contribution in [2.75, 3.05) is 13.1 Å². The monoisotopic (exact) mass is 348 g/mol. The Morgan fingerprint density at radius 2 is 2.00 bits per heavy atom. The van der Waals surface area contributed by atoms with Gasteiger partial charge in [0.25, 0.3) is 17.4 Å². The topological polar surface area (TPSA) is 42.3 Å². The van der Waals surface area contributed by atoms with E-state index in [0.717, 1.165) is 0 Å². The van der Waals surface area contributed by atoms with Gasteiger partial charge in [-0.2, -0.15) is 0 Å². The number of halogens is 3. The van der Waals surface area contributed by atoms with E-state index in [9.17, 15) is 18.4 Å². The van der Waals surface area contributed by atoms with E-state index < -0.39 is 17.4 Å². The van der Waals surface area contributed by atoms with E-state index in [1.54, 1.807) is 13.1 Å². The number of hydrogen-bond donors (Lipinski definition) is 0. The van der Waals surface area contributed by atoms with Crippen molar-refractivity contribution in [3.05, 3.63) is 32.7 Å². The Morgan fingerprint density at radius 3 is 2.55 bits per heavy atom. The number of piperidine rings is 1. The second kappa shape index (κ2) is 5.63. The molecule has 2 rings (SSSR count). The molecule has 0 N–H and O–H groups in total. The summed E-state index contributed by atoms with van der Waals surface area (Å²) in [7, 11) is 0. The fourth-order valence-corrected chi connectivity index (χ4v) is 2.67. The van der Waals surface area contributed by atoms with Crippen LogP contribution in [0, 0.1) is 0 Å². The summed E-state index contributed by atoms with van der Waals surface area (Å²) in [5.41, 5.74) is -0.371. The van der Waals surface area contributed by atoms with Gasteiger partial charge in [-0.3, -0.25) is 9.59 Å². The molecule has 1 aliphatic rings. The second-order valence-electron chi connectivity index (χ2n) is 4.81. The average molecular weight is 349 g/mol. The SMILES string of the molecule is CCn1cc(Br)cc(C(=O)N2CCC(F)(F)CC2)c1=O. The molecule has 0 aromatic carbocycles. The number of likely N-dealkylation sites (tertiary alicyclic amines) is 1. The van der Waals surface area contributed by atoms with Gasteiger partial charge < -0.3 is 9.47 Å². The molecule has 7 heteroatoms. The third kappa shape index (κ3) is 3.08. The standard InChI is InChI=1S/C13H15BrF2N2O2/c1-2-17-8-9(14)7-10(11(17)19)12(20)18-5-3-13(15,16)4-6-18/h7-8H,2-6H2,1H3. The molecule has 2 heterocycles. The summed E-state index contributed by atoms with van der Waals surface area (Å²) in [6.07, 6.45) is 0.896. The normalized spacial score (nSPS) is 18.1. The number of aryl methyl sites for hydroxylation is 1. The third-order valence-corrected chi connectivity index (χ3v) is 3.84. The molecule has 1 fully saturated rings. The van der Waals surface area contributed by atoms with Gasteiger partial charge in [0.1, 0.15) is 5.56 Å². The molecule has 1 amide bonds. The lowest BCUT2D eigenvalue weighted by Crippen LogP contribution is -2.44. The first-order valence-corrected chi connectivity index (χ1v) is 7.20. The van der Waals surface area contributed by atoms with Crippen molar-refractivity contribution in [3.63, 3.8) is 0 Å². The minimum Gasteiger partial charge on any atom is -0.338 e. The predicted molar refractivity (Wildman–Crippen MR) is 74.2 cm³/mol. The highest BCUT2D eigenvalue weighted by molar-refractivity contribution is 9.10. The number of aromatic nitrogens is 1. The molecule has 1 aromatic heterocycles. The lowest BCUT2D eigenvalue weighted by Gasteiger charge is -2.31. The molecular weight excluding hydrogens is 334 g/mol. The summed E-state index contributed by atoms with van der Waals surface area (Å²) in [6.45, 7) is 2.19. The van der Waals surface area contributed by atoms with Gasteiger partial charge in [-0.05, 0) is 28.9 Å². The molecule has 1 saturated heterocycles. The molecular formula is C13H15BrF2N2O2. The Balaban J connectivity index is 2.26. The minimum absolute atomic E-state index is 0.0199. The fraction of sp³-hybridized carbons (Fsp3) is 0.538. The Kier molecular flexibility index (Phi) is 4.27. The summed E-state index contributed by atoms with van der Waals surface area (Å²) >= 11 is 3.25. The Labute approximate surface area is 123 Å². The Bertz CT molecular complexity index is 576. The lowest BCUT2D eigenvalue weighted by molar-refractivity contribution is -0.0494. The van der Waals surface area contributed by atoms with Gasteiger partial charge in [0.2, 0.25) is 0 Å². The molecule has 4 nitrogen and oxygen atoms in total. The first kappa shape index (κ1) is 15.2. The van der Waals surface area contributed by atoms with E-state index in [4.69, 9.17) is 0 Å². The van der Waals surface area contributed by atoms with Crippen LogP contribution >= 0.6 is 15.9 Å². The number of rotatable bonds is 2. The fourth-order valence-electron chi connectivity index (χ4n) is 2.19. The number of amides is 1. The minimum atomic E-state index is -2.71. The van der Waals surface area contributed by atoms with Crippen LogP contribution in [0.15, 0.2) is 21.5 Å². The highest BCUT2D eigenvalue weighted by Gasteiger charge is 2.36. The maximum atomic E-state index is 13.1. The number of nitrogens with zero attached hydrogens (tertiary/aromatic N) is 2. The molecule has 0 radical (unpaired) electrons. The average Bonchev–Trinajstić information content (AvgIpc) is 2.40. The van der Waals surface area contributed by atoms with E-state index >= 15 is 0 Å². The van der Waals surface area contributed by atoms with E-state index in [-0.39, 0.29) is 31.5 Å². The van der Waals surface area contributed by atoms with Crippen molar-refractivity contribution in [1.29, 1.82) is 0 Å². The van der Waals surface area contributed by atoms with Crippen LogP contribution in [-0.4, -0.2) is 34.4 Å². The largest absolute Gasteiger partial charge is 0.338 e. The molecule has 0 spiro atoms. The highest BCUT2D eigenvalue weighted by atomic mass is 79.9. The Hall–Kier alpha value is -1.24. The molecule has 0 unspecified atom stereocenters. The molecule has 0 bridgehead atoms. The maximum absolute atomic E-state index is 13.1. The molecule has 1 aromatic rings. The van der Waals surface area contributed by atoms with E-state index in [1.807, 2.05) is 0 Å². The molecule has 0 aliphatic carbocycles. The van der Waals surface area contributed by atoms with Crippen LogP contribution in [0.4, 0.5) is 8.78 Å². The zero-order valence-corrected chi connectivity index (χ0v) is 12.6. The zero-order chi connectivity index (χ0) is 14.9.